The minimum absolute atomic E-state index is 0.341. The van der Waals surface area contributed by atoms with Gasteiger partial charge >= 0.3 is 0 Å². The van der Waals surface area contributed by atoms with Gasteiger partial charge in [-0.05, 0) is 37.0 Å². The van der Waals surface area contributed by atoms with Crippen LogP contribution in [0, 0.1) is 5.92 Å². The van der Waals surface area contributed by atoms with Crippen molar-refractivity contribution < 1.29 is 9.47 Å². The molecule has 98 valence electrons. The topological polar surface area (TPSA) is 44.5 Å². The van der Waals surface area contributed by atoms with Crippen LogP contribution in [0.5, 0.6) is 5.75 Å². The summed E-state index contributed by atoms with van der Waals surface area (Å²) in [6, 6.07) is 5.38. The van der Waals surface area contributed by atoms with Gasteiger partial charge in [0.05, 0.1) is 11.6 Å². The number of benzene rings is 1. The van der Waals surface area contributed by atoms with Crippen LogP contribution in [0.25, 0.3) is 0 Å². The number of halogens is 1. The molecule has 0 aromatic heterocycles. The van der Waals surface area contributed by atoms with Gasteiger partial charge in [-0.15, -0.1) is 0 Å². The molecule has 1 fully saturated rings. The molecule has 1 aliphatic heterocycles. The van der Waals surface area contributed by atoms with Crippen molar-refractivity contribution in [1.82, 2.24) is 0 Å². The molecule has 0 amide bonds. The van der Waals surface area contributed by atoms with Gasteiger partial charge in [0.25, 0.3) is 0 Å². The normalized spacial score (nSPS) is 16.5. The summed E-state index contributed by atoms with van der Waals surface area (Å²) < 4.78 is 11.0. The summed E-state index contributed by atoms with van der Waals surface area (Å²) >= 11 is 11.0. The lowest BCUT2D eigenvalue weighted by molar-refractivity contribution is 0.0498. The molecule has 5 heteroatoms. The SMILES string of the molecule is NC(=S)c1ccc(OCC2CCOCC2)c(Cl)c1. The fourth-order valence-corrected chi connectivity index (χ4v) is 2.25. The van der Waals surface area contributed by atoms with Crippen LogP contribution in [0.2, 0.25) is 5.02 Å². The fraction of sp³-hybridized carbons (Fsp3) is 0.462. The number of ether oxygens (including phenoxy) is 2. The summed E-state index contributed by atoms with van der Waals surface area (Å²) in [6.45, 7) is 2.32. The minimum atomic E-state index is 0.341. The molecule has 0 spiro atoms. The second-order valence-corrected chi connectivity index (χ2v) is 5.22. The molecule has 0 bridgehead atoms. The summed E-state index contributed by atoms with van der Waals surface area (Å²) in [5, 5.41) is 0.548. The molecule has 1 aromatic carbocycles. The van der Waals surface area contributed by atoms with Crippen LogP contribution in [0.1, 0.15) is 18.4 Å². The monoisotopic (exact) mass is 285 g/mol. The predicted octanol–water partition coefficient (Wildman–Crippen LogP) is 2.78. The van der Waals surface area contributed by atoms with E-state index in [1.54, 1.807) is 6.07 Å². The van der Waals surface area contributed by atoms with Crippen molar-refractivity contribution in [3.05, 3.63) is 28.8 Å². The summed E-state index contributed by atoms with van der Waals surface area (Å²) in [5.74, 6) is 1.23. The van der Waals surface area contributed by atoms with Gasteiger partial charge in [0.2, 0.25) is 0 Å². The van der Waals surface area contributed by atoms with E-state index in [0.29, 0.717) is 28.3 Å². The largest absolute Gasteiger partial charge is 0.492 e. The maximum Gasteiger partial charge on any atom is 0.137 e. The van der Waals surface area contributed by atoms with Crippen LogP contribution >= 0.6 is 23.8 Å². The first-order valence-corrected chi connectivity index (χ1v) is 6.75. The van der Waals surface area contributed by atoms with Crippen molar-refractivity contribution >= 4 is 28.8 Å². The molecule has 3 nitrogen and oxygen atoms in total. The van der Waals surface area contributed by atoms with Crippen LogP contribution in [-0.4, -0.2) is 24.8 Å². The van der Waals surface area contributed by atoms with Crippen molar-refractivity contribution in [2.24, 2.45) is 11.7 Å². The average molecular weight is 286 g/mol. The molecule has 1 aromatic rings. The molecule has 0 aliphatic carbocycles. The fourth-order valence-electron chi connectivity index (χ4n) is 1.89. The third kappa shape index (κ3) is 3.57. The number of rotatable bonds is 4. The first-order chi connectivity index (χ1) is 8.66. The number of thiocarbonyl (C=S) groups is 1. The van der Waals surface area contributed by atoms with Crippen LogP contribution in [0.3, 0.4) is 0 Å². The van der Waals surface area contributed by atoms with Crippen molar-refractivity contribution in [1.29, 1.82) is 0 Å². The van der Waals surface area contributed by atoms with E-state index in [1.807, 2.05) is 12.1 Å². The highest BCUT2D eigenvalue weighted by molar-refractivity contribution is 7.80. The molecule has 0 atom stereocenters. The van der Waals surface area contributed by atoms with Crippen LogP contribution < -0.4 is 10.5 Å². The van der Waals surface area contributed by atoms with Crippen LogP contribution in [0.15, 0.2) is 18.2 Å². The van der Waals surface area contributed by atoms with E-state index in [0.717, 1.165) is 31.6 Å². The van der Waals surface area contributed by atoms with Crippen LogP contribution in [0.4, 0.5) is 0 Å². The lowest BCUT2D eigenvalue weighted by Crippen LogP contribution is -2.21. The van der Waals surface area contributed by atoms with E-state index < -0.39 is 0 Å². The second-order valence-electron chi connectivity index (χ2n) is 4.38. The lowest BCUT2D eigenvalue weighted by Gasteiger charge is -2.22. The van der Waals surface area contributed by atoms with Gasteiger partial charge in [-0.1, -0.05) is 23.8 Å². The Morgan fingerprint density at radius 1 is 1.44 bits per heavy atom. The maximum absolute atomic E-state index is 6.13. The zero-order valence-electron chi connectivity index (χ0n) is 10.0. The summed E-state index contributed by atoms with van der Waals surface area (Å²) in [5.41, 5.74) is 6.30. The Bertz CT molecular complexity index is 433. The van der Waals surface area contributed by atoms with Crippen molar-refractivity contribution in [3.8, 4) is 5.75 Å². The average Bonchev–Trinajstić information content (AvgIpc) is 2.38. The Balaban J connectivity index is 1.94. The van der Waals surface area contributed by atoms with Gasteiger partial charge in [-0.25, -0.2) is 0 Å². The molecule has 0 radical (unpaired) electrons. The second kappa shape index (κ2) is 6.36. The molecule has 1 heterocycles. The van der Waals surface area contributed by atoms with Gasteiger partial charge < -0.3 is 15.2 Å². The molecule has 0 unspecified atom stereocenters. The number of hydrogen-bond acceptors (Lipinski definition) is 3. The molecular weight excluding hydrogens is 270 g/mol. The standard InChI is InChI=1S/C13H16ClNO2S/c14-11-7-10(13(15)18)1-2-12(11)17-8-9-3-5-16-6-4-9/h1-2,7,9H,3-6,8H2,(H2,15,18). The minimum Gasteiger partial charge on any atom is -0.492 e. The van der Waals surface area contributed by atoms with Gasteiger partial charge in [0, 0.05) is 18.8 Å². The van der Waals surface area contributed by atoms with Gasteiger partial charge in [-0.2, -0.15) is 0 Å². The zero-order chi connectivity index (χ0) is 13.0. The smallest absolute Gasteiger partial charge is 0.137 e. The molecule has 0 saturated carbocycles. The summed E-state index contributed by atoms with van der Waals surface area (Å²) in [4.78, 5) is 0.341. The molecule has 2 rings (SSSR count). The van der Waals surface area contributed by atoms with Crippen molar-refractivity contribution in [2.45, 2.75) is 12.8 Å². The predicted molar refractivity (Wildman–Crippen MR) is 76.4 cm³/mol. The lowest BCUT2D eigenvalue weighted by atomic mass is 10.0. The van der Waals surface area contributed by atoms with E-state index in [1.165, 1.54) is 0 Å². The maximum atomic E-state index is 6.13. The Morgan fingerprint density at radius 3 is 2.78 bits per heavy atom. The Kier molecular flexibility index (Phi) is 4.80. The number of hydrogen-bond donors (Lipinski definition) is 1. The van der Waals surface area contributed by atoms with E-state index in [9.17, 15) is 0 Å². The van der Waals surface area contributed by atoms with Crippen LogP contribution in [-0.2, 0) is 4.74 Å². The van der Waals surface area contributed by atoms with E-state index in [4.69, 9.17) is 39.0 Å². The van der Waals surface area contributed by atoms with Gasteiger partial charge in [0.15, 0.2) is 0 Å². The molecule has 18 heavy (non-hydrogen) atoms. The Labute approximate surface area is 117 Å². The molecule has 1 aliphatic rings. The Morgan fingerprint density at radius 2 is 2.17 bits per heavy atom. The summed E-state index contributed by atoms with van der Waals surface area (Å²) in [6.07, 6.45) is 2.09. The number of nitrogens with two attached hydrogens (primary N) is 1. The van der Waals surface area contributed by atoms with E-state index in [2.05, 4.69) is 0 Å². The van der Waals surface area contributed by atoms with Crippen molar-refractivity contribution in [2.75, 3.05) is 19.8 Å². The zero-order valence-corrected chi connectivity index (χ0v) is 11.6. The third-order valence-electron chi connectivity index (χ3n) is 3.03. The third-order valence-corrected chi connectivity index (χ3v) is 3.56. The summed E-state index contributed by atoms with van der Waals surface area (Å²) in [7, 11) is 0. The highest BCUT2D eigenvalue weighted by atomic mass is 35.5. The molecular formula is C13H16ClNO2S. The van der Waals surface area contributed by atoms with E-state index in [-0.39, 0.29) is 0 Å². The molecule has 2 N–H and O–H groups in total. The highest BCUT2D eigenvalue weighted by Gasteiger charge is 2.15. The first-order valence-electron chi connectivity index (χ1n) is 5.96. The first kappa shape index (κ1) is 13.6. The molecule has 1 saturated heterocycles. The van der Waals surface area contributed by atoms with Crippen molar-refractivity contribution in [3.63, 3.8) is 0 Å². The van der Waals surface area contributed by atoms with Gasteiger partial charge in [-0.3, -0.25) is 0 Å². The quantitative estimate of drug-likeness (QED) is 0.864. The van der Waals surface area contributed by atoms with Gasteiger partial charge in [0.1, 0.15) is 10.7 Å². The Hall–Kier alpha value is -0.840. The highest BCUT2D eigenvalue weighted by Crippen LogP contribution is 2.27. The van der Waals surface area contributed by atoms with E-state index >= 15 is 0 Å².